The number of hydrogen-bond acceptors (Lipinski definition) is 5. The first kappa shape index (κ1) is 16.8. The first-order valence-corrected chi connectivity index (χ1v) is 9.63. The number of hydrogen-bond donors (Lipinski definition) is 0. The number of ether oxygens (including phenoxy) is 1. The van der Waals surface area contributed by atoms with E-state index in [1.807, 2.05) is 0 Å². The van der Waals surface area contributed by atoms with Crippen LogP contribution in [0.4, 0.5) is 0 Å². The van der Waals surface area contributed by atoms with Gasteiger partial charge in [-0.1, -0.05) is 0 Å². The van der Waals surface area contributed by atoms with Crippen molar-refractivity contribution in [1.29, 1.82) is 0 Å². The van der Waals surface area contributed by atoms with E-state index in [4.69, 9.17) is 4.74 Å². The molecule has 1 fully saturated rings. The molecule has 2 aromatic rings. The van der Waals surface area contributed by atoms with Gasteiger partial charge in [0.2, 0.25) is 0 Å². The molecule has 128 valence electrons. The Bertz CT molecular complexity index is 817. The summed E-state index contributed by atoms with van der Waals surface area (Å²) in [6.45, 7) is 2.43. The zero-order valence-electron chi connectivity index (χ0n) is 14.1. The van der Waals surface area contributed by atoms with Gasteiger partial charge >= 0.3 is 0 Å². The van der Waals surface area contributed by atoms with Crippen LogP contribution in [-0.4, -0.2) is 31.6 Å². The second kappa shape index (κ2) is 6.84. The summed E-state index contributed by atoms with van der Waals surface area (Å²) in [5.41, 5.74) is 2.04. The van der Waals surface area contributed by atoms with Gasteiger partial charge in [0.1, 0.15) is 11.5 Å². The molecule has 0 spiro atoms. The molecule has 1 aliphatic carbocycles. The van der Waals surface area contributed by atoms with Crippen LogP contribution in [0.15, 0.2) is 23.3 Å². The lowest BCUT2D eigenvalue weighted by atomic mass is 10.1. The number of nitrogens with zero attached hydrogens (tertiary/aromatic N) is 3. The van der Waals surface area contributed by atoms with Crippen LogP contribution in [0.2, 0.25) is 0 Å². The van der Waals surface area contributed by atoms with Crippen LogP contribution in [0.1, 0.15) is 24.2 Å². The highest BCUT2D eigenvalue weighted by Gasteiger charge is 2.23. The molecule has 0 amide bonds. The van der Waals surface area contributed by atoms with Crippen LogP contribution in [-0.2, 0) is 23.6 Å². The first-order chi connectivity index (χ1) is 11.4. The molecule has 7 heteroatoms. The first-order valence-electron chi connectivity index (χ1n) is 7.90. The summed E-state index contributed by atoms with van der Waals surface area (Å²) >= 11 is 0. The van der Waals surface area contributed by atoms with E-state index in [0.29, 0.717) is 41.1 Å². The Morgan fingerprint density at radius 3 is 2.79 bits per heavy atom. The van der Waals surface area contributed by atoms with E-state index in [9.17, 15) is 9.00 Å². The van der Waals surface area contributed by atoms with Crippen molar-refractivity contribution >= 4 is 10.8 Å². The standard InChI is InChI=1S/C17H21N3O3S/c1-11-6-13(8-20(2)17(11)21)16-14(23-9-12-4-5-12)7-18-15(19-16)10-24(3)22/h6-8,12H,4-5,9-10H2,1-3H3. The van der Waals surface area contributed by atoms with Crippen molar-refractivity contribution in [3.05, 3.63) is 40.2 Å². The van der Waals surface area contributed by atoms with Crippen LogP contribution in [0.3, 0.4) is 0 Å². The molecule has 0 N–H and O–H groups in total. The van der Waals surface area contributed by atoms with Gasteiger partial charge in [-0.2, -0.15) is 0 Å². The topological polar surface area (TPSA) is 74.1 Å². The monoisotopic (exact) mass is 347 g/mol. The van der Waals surface area contributed by atoms with E-state index in [0.717, 1.165) is 5.56 Å². The number of aryl methyl sites for hydroxylation is 2. The fraction of sp³-hybridized carbons (Fsp3) is 0.471. The third-order valence-electron chi connectivity index (χ3n) is 3.94. The van der Waals surface area contributed by atoms with Gasteiger partial charge in [0, 0.05) is 41.4 Å². The lowest BCUT2D eigenvalue weighted by molar-refractivity contribution is 0.298. The molecule has 6 nitrogen and oxygen atoms in total. The van der Waals surface area contributed by atoms with Crippen LogP contribution in [0.5, 0.6) is 5.75 Å². The Morgan fingerprint density at radius 1 is 1.42 bits per heavy atom. The van der Waals surface area contributed by atoms with Crippen molar-refractivity contribution in [2.75, 3.05) is 12.9 Å². The van der Waals surface area contributed by atoms with Gasteiger partial charge in [-0.25, -0.2) is 9.97 Å². The zero-order chi connectivity index (χ0) is 17.3. The molecule has 1 aliphatic rings. The van der Waals surface area contributed by atoms with Gasteiger partial charge in [0.05, 0.1) is 18.6 Å². The summed E-state index contributed by atoms with van der Waals surface area (Å²) in [5.74, 6) is 2.02. The fourth-order valence-corrected chi connectivity index (χ4v) is 2.97. The minimum absolute atomic E-state index is 0.0388. The number of pyridine rings is 1. The van der Waals surface area contributed by atoms with E-state index < -0.39 is 10.8 Å². The van der Waals surface area contributed by atoms with Crippen LogP contribution < -0.4 is 10.3 Å². The summed E-state index contributed by atoms with van der Waals surface area (Å²) in [7, 11) is 0.693. The van der Waals surface area contributed by atoms with Crippen molar-refractivity contribution in [1.82, 2.24) is 14.5 Å². The molecular weight excluding hydrogens is 326 g/mol. The highest BCUT2D eigenvalue weighted by Crippen LogP contribution is 2.32. The molecule has 1 saturated carbocycles. The van der Waals surface area contributed by atoms with Crippen LogP contribution in [0, 0.1) is 12.8 Å². The lowest BCUT2D eigenvalue weighted by Crippen LogP contribution is -2.18. The predicted molar refractivity (Wildman–Crippen MR) is 93.4 cm³/mol. The molecule has 3 rings (SSSR count). The molecule has 1 atom stereocenters. The van der Waals surface area contributed by atoms with Crippen molar-refractivity contribution in [3.63, 3.8) is 0 Å². The number of rotatable bonds is 6. The third kappa shape index (κ3) is 3.90. The fourth-order valence-electron chi connectivity index (χ4n) is 2.47. The Labute approximate surface area is 143 Å². The van der Waals surface area contributed by atoms with Crippen LogP contribution in [0.25, 0.3) is 11.3 Å². The third-order valence-corrected chi connectivity index (χ3v) is 4.61. The largest absolute Gasteiger partial charge is 0.489 e. The molecule has 1 unspecified atom stereocenters. The summed E-state index contributed by atoms with van der Waals surface area (Å²) < 4.78 is 18.9. The van der Waals surface area contributed by atoms with Crippen LogP contribution >= 0.6 is 0 Å². The molecule has 0 bridgehead atoms. The van der Waals surface area contributed by atoms with Crippen molar-refractivity contribution < 1.29 is 8.95 Å². The van der Waals surface area contributed by atoms with E-state index in [1.165, 1.54) is 17.4 Å². The Morgan fingerprint density at radius 2 is 2.17 bits per heavy atom. The lowest BCUT2D eigenvalue weighted by Gasteiger charge is -2.13. The van der Waals surface area contributed by atoms with Gasteiger partial charge in [0.25, 0.3) is 5.56 Å². The summed E-state index contributed by atoms with van der Waals surface area (Å²) in [5, 5.41) is 0. The molecule has 2 aromatic heterocycles. The summed E-state index contributed by atoms with van der Waals surface area (Å²) in [6, 6.07) is 1.81. The van der Waals surface area contributed by atoms with Crippen molar-refractivity contribution in [3.8, 4) is 17.0 Å². The molecule has 24 heavy (non-hydrogen) atoms. The Hall–Kier alpha value is -2.02. The maximum Gasteiger partial charge on any atom is 0.253 e. The van der Waals surface area contributed by atoms with Gasteiger partial charge in [0.15, 0.2) is 5.75 Å². The predicted octanol–water partition coefficient (Wildman–Crippen LogP) is 1.82. The maximum absolute atomic E-state index is 11.9. The van der Waals surface area contributed by atoms with Gasteiger partial charge in [-0.15, -0.1) is 0 Å². The van der Waals surface area contributed by atoms with E-state index in [1.54, 1.807) is 38.7 Å². The SMILES string of the molecule is Cc1cc(-c2nc(CS(C)=O)ncc2OCC2CC2)cn(C)c1=O. The second-order valence-corrected chi connectivity index (χ2v) is 7.73. The quantitative estimate of drug-likeness (QED) is 0.797. The van der Waals surface area contributed by atoms with Crippen molar-refractivity contribution in [2.45, 2.75) is 25.5 Å². The normalized spacial score (nSPS) is 15.3. The minimum Gasteiger partial charge on any atom is -0.489 e. The van der Waals surface area contributed by atoms with E-state index >= 15 is 0 Å². The summed E-state index contributed by atoms with van der Waals surface area (Å²) in [6.07, 6.45) is 7.41. The maximum atomic E-state index is 11.9. The van der Waals surface area contributed by atoms with Crippen molar-refractivity contribution in [2.24, 2.45) is 13.0 Å². The molecule has 0 aromatic carbocycles. The molecule has 2 heterocycles. The molecule has 0 saturated heterocycles. The van der Waals surface area contributed by atoms with Gasteiger partial charge < -0.3 is 9.30 Å². The number of aromatic nitrogens is 3. The Balaban J connectivity index is 2.03. The van der Waals surface area contributed by atoms with E-state index in [2.05, 4.69) is 9.97 Å². The van der Waals surface area contributed by atoms with Gasteiger partial charge in [-0.3, -0.25) is 9.00 Å². The molecular formula is C17H21N3O3S. The zero-order valence-corrected chi connectivity index (χ0v) is 14.9. The average Bonchev–Trinajstić information content (AvgIpc) is 3.34. The summed E-state index contributed by atoms with van der Waals surface area (Å²) in [4.78, 5) is 20.7. The average molecular weight is 347 g/mol. The Kier molecular flexibility index (Phi) is 4.80. The highest BCUT2D eigenvalue weighted by atomic mass is 32.2. The van der Waals surface area contributed by atoms with Gasteiger partial charge in [-0.05, 0) is 31.7 Å². The van der Waals surface area contributed by atoms with E-state index in [-0.39, 0.29) is 5.56 Å². The molecule has 0 radical (unpaired) electrons. The smallest absolute Gasteiger partial charge is 0.253 e. The molecule has 0 aliphatic heterocycles. The highest BCUT2D eigenvalue weighted by molar-refractivity contribution is 7.83. The minimum atomic E-state index is -1.02. The second-order valence-electron chi connectivity index (χ2n) is 6.30.